The monoisotopic (exact) mass is 621 g/mol. The predicted molar refractivity (Wildman–Crippen MR) is 147 cm³/mol. The average Bonchev–Trinajstić information content (AvgIpc) is 3.55. The third kappa shape index (κ3) is 5.83. The topological polar surface area (TPSA) is 92.7 Å². The number of fused-ring (bicyclic) bond motifs is 2. The zero-order valence-corrected chi connectivity index (χ0v) is 23.5. The van der Waals surface area contributed by atoms with Crippen molar-refractivity contribution in [2.24, 2.45) is 5.92 Å². The van der Waals surface area contributed by atoms with Crippen LogP contribution in [-0.4, -0.2) is 38.2 Å². The number of sulfonamides is 1. The van der Waals surface area contributed by atoms with E-state index in [1.807, 2.05) is 54.6 Å². The van der Waals surface area contributed by atoms with Gasteiger partial charge in [0.25, 0.3) is 0 Å². The molecule has 12 heteroatoms. The summed E-state index contributed by atoms with van der Waals surface area (Å²) in [6.45, 7) is 0.223. The molecule has 0 unspecified atom stereocenters. The van der Waals surface area contributed by atoms with Gasteiger partial charge < -0.3 is 9.84 Å². The summed E-state index contributed by atoms with van der Waals surface area (Å²) in [7, 11) is -5.24. The van der Waals surface area contributed by atoms with E-state index in [1.54, 1.807) is 12.2 Å². The Bertz CT molecular complexity index is 1620. The number of benzene rings is 3. The number of unbranched alkanes of at least 4 members (excludes halogenated alkanes) is 1. The molecule has 3 aromatic carbocycles. The molecule has 0 radical (unpaired) electrons. The second-order valence-electron chi connectivity index (χ2n) is 10.8. The van der Waals surface area contributed by atoms with Gasteiger partial charge in [-0.3, -0.25) is 4.79 Å². The minimum atomic E-state index is -5.24. The zero-order valence-electron chi connectivity index (χ0n) is 22.7. The van der Waals surface area contributed by atoms with Gasteiger partial charge in [-0.05, 0) is 48.3 Å². The third-order valence-corrected chi connectivity index (χ3v) is 9.76. The van der Waals surface area contributed by atoms with Crippen LogP contribution < -0.4 is 4.72 Å². The van der Waals surface area contributed by atoms with Crippen LogP contribution in [0.25, 0.3) is 11.1 Å². The van der Waals surface area contributed by atoms with Gasteiger partial charge in [0.15, 0.2) is 28.2 Å². The summed E-state index contributed by atoms with van der Waals surface area (Å²) in [4.78, 5) is 8.87. The second-order valence-corrected chi connectivity index (χ2v) is 12.4. The highest BCUT2D eigenvalue weighted by Gasteiger charge is 2.60. The highest BCUT2D eigenvalue weighted by molar-refractivity contribution is 7.89. The number of nitrogens with one attached hydrogen (secondary N) is 1. The molecule has 0 spiro atoms. The Labute approximate surface area is 245 Å². The van der Waals surface area contributed by atoms with Crippen LogP contribution in [0.4, 0.5) is 22.0 Å². The molecule has 2 N–H and O–H groups in total. The normalized spacial score (nSPS) is 23.3. The maximum Gasteiger partial charge on any atom is 0.303 e. The van der Waals surface area contributed by atoms with Gasteiger partial charge in [0, 0.05) is 11.8 Å². The van der Waals surface area contributed by atoms with Crippen molar-refractivity contribution in [2.45, 2.75) is 54.6 Å². The van der Waals surface area contributed by atoms with E-state index in [9.17, 15) is 35.2 Å². The standard InChI is InChI=1S/C31H28F5NO5S/c32-24-25(33)27(35)30(28(36)26(24)34)43(40,41)37-29-21(10-6-1-2-7-11-23(38)39)31(16-22(29)42-17-31)20-14-12-19(13-15-20)18-8-4-3-5-9-18/h1,3-6,8-9,12-15,21-22,29,37H,2,7,10-11,16-17H2,(H,38,39)/t21-,22-,29-,31-/m0/s1. The molecule has 43 heavy (non-hydrogen) atoms. The Morgan fingerprint density at radius 1 is 0.907 bits per heavy atom. The van der Waals surface area contributed by atoms with Crippen LogP contribution in [-0.2, 0) is 25.0 Å². The van der Waals surface area contributed by atoms with Gasteiger partial charge in [0.05, 0.1) is 18.8 Å². The van der Waals surface area contributed by atoms with Gasteiger partial charge in [-0.25, -0.2) is 35.1 Å². The zero-order chi connectivity index (χ0) is 30.9. The first kappa shape index (κ1) is 30.8. The lowest BCUT2D eigenvalue weighted by atomic mass is 9.70. The SMILES string of the molecule is O=C(O)CCCC=CC[C@H]1[C@H](NS(=O)(=O)c2c(F)c(F)c(F)c(F)c2F)[C@@H]2C[C@@]1(c1ccc(-c3ccccc3)cc1)CO2. The molecule has 1 heterocycles. The van der Waals surface area contributed by atoms with Crippen molar-refractivity contribution in [1.29, 1.82) is 0 Å². The smallest absolute Gasteiger partial charge is 0.303 e. The average molecular weight is 622 g/mol. The summed E-state index contributed by atoms with van der Waals surface area (Å²) in [6.07, 6.45) is 4.27. The summed E-state index contributed by atoms with van der Waals surface area (Å²) in [5, 5.41) is 8.87. The van der Waals surface area contributed by atoms with E-state index in [4.69, 9.17) is 9.84 Å². The van der Waals surface area contributed by atoms with E-state index in [0.717, 1.165) is 16.7 Å². The van der Waals surface area contributed by atoms with Crippen LogP contribution >= 0.6 is 0 Å². The number of carbonyl (C=O) groups is 1. The summed E-state index contributed by atoms with van der Waals surface area (Å²) in [5.74, 6) is -13.5. The number of halogens is 5. The summed E-state index contributed by atoms with van der Waals surface area (Å²) in [6, 6.07) is 16.3. The van der Waals surface area contributed by atoms with E-state index in [1.165, 1.54) is 0 Å². The van der Waals surface area contributed by atoms with Crippen molar-refractivity contribution in [1.82, 2.24) is 4.72 Å². The molecule has 228 valence electrons. The maximum absolute atomic E-state index is 14.5. The van der Waals surface area contributed by atoms with Crippen LogP contribution in [0.3, 0.4) is 0 Å². The van der Waals surface area contributed by atoms with Crippen LogP contribution in [0.15, 0.2) is 71.6 Å². The summed E-state index contributed by atoms with van der Waals surface area (Å²) in [5.41, 5.74) is 2.06. The molecule has 2 bridgehead atoms. The molecule has 4 atom stereocenters. The van der Waals surface area contributed by atoms with Gasteiger partial charge >= 0.3 is 5.97 Å². The van der Waals surface area contributed by atoms with Crippen molar-refractivity contribution in [2.75, 3.05) is 6.61 Å². The Morgan fingerprint density at radius 2 is 1.51 bits per heavy atom. The number of rotatable bonds is 11. The number of carboxylic acid groups (broad SMARTS) is 1. The first-order valence-electron chi connectivity index (χ1n) is 13.6. The molecule has 6 nitrogen and oxygen atoms in total. The minimum Gasteiger partial charge on any atom is -0.481 e. The lowest BCUT2D eigenvalue weighted by Gasteiger charge is -2.39. The molecular weight excluding hydrogens is 593 g/mol. The lowest BCUT2D eigenvalue weighted by molar-refractivity contribution is -0.137. The molecule has 2 aliphatic rings. The van der Waals surface area contributed by atoms with Crippen molar-refractivity contribution < 1.29 is 45.0 Å². The molecule has 1 aliphatic carbocycles. The number of carboxylic acids is 1. The lowest BCUT2D eigenvalue weighted by Crippen LogP contribution is -2.51. The number of ether oxygens (including phenoxy) is 1. The molecule has 1 saturated heterocycles. The molecule has 5 rings (SSSR count). The van der Waals surface area contributed by atoms with Gasteiger partial charge in [0.2, 0.25) is 15.8 Å². The molecule has 1 aliphatic heterocycles. The molecule has 0 amide bonds. The van der Waals surface area contributed by atoms with Crippen molar-refractivity contribution in [3.8, 4) is 11.1 Å². The van der Waals surface area contributed by atoms with E-state index >= 15 is 0 Å². The quantitative estimate of drug-likeness (QED) is 0.0868. The van der Waals surface area contributed by atoms with Gasteiger partial charge in [-0.15, -0.1) is 0 Å². The number of aliphatic carboxylic acids is 1. The molecule has 2 fully saturated rings. The van der Waals surface area contributed by atoms with Crippen molar-refractivity contribution >= 4 is 16.0 Å². The van der Waals surface area contributed by atoms with Crippen molar-refractivity contribution in [3.63, 3.8) is 0 Å². The van der Waals surface area contributed by atoms with E-state index in [-0.39, 0.29) is 19.4 Å². The maximum atomic E-state index is 14.5. The fourth-order valence-electron chi connectivity index (χ4n) is 6.19. The highest BCUT2D eigenvalue weighted by Crippen LogP contribution is 2.54. The highest BCUT2D eigenvalue weighted by atomic mass is 32.2. The van der Waals surface area contributed by atoms with Crippen LogP contribution in [0.2, 0.25) is 0 Å². The molecule has 3 aromatic rings. The fraction of sp³-hybridized carbons (Fsp3) is 0.323. The van der Waals surface area contributed by atoms with Crippen molar-refractivity contribution in [3.05, 3.63) is 101 Å². The molecule has 0 aromatic heterocycles. The fourth-order valence-corrected chi connectivity index (χ4v) is 7.63. The van der Waals surface area contributed by atoms with E-state index in [2.05, 4.69) is 4.72 Å². The minimum absolute atomic E-state index is 0.0221. The Morgan fingerprint density at radius 3 is 2.14 bits per heavy atom. The molecular formula is C31H28F5NO5S. The number of hydrogen-bond donors (Lipinski definition) is 2. The Kier molecular flexibility index (Phi) is 8.73. The van der Waals surface area contributed by atoms with E-state index in [0.29, 0.717) is 19.3 Å². The number of hydrogen-bond acceptors (Lipinski definition) is 4. The summed E-state index contributed by atoms with van der Waals surface area (Å²) >= 11 is 0. The van der Waals surface area contributed by atoms with Gasteiger partial charge in [-0.1, -0.05) is 66.7 Å². The Hall–Kier alpha value is -3.61. The third-order valence-electron chi connectivity index (χ3n) is 8.28. The second kappa shape index (κ2) is 12.2. The first-order chi connectivity index (χ1) is 20.5. The summed E-state index contributed by atoms with van der Waals surface area (Å²) < 4.78 is 105. The van der Waals surface area contributed by atoms with Gasteiger partial charge in [0.1, 0.15) is 0 Å². The van der Waals surface area contributed by atoms with Gasteiger partial charge in [-0.2, -0.15) is 0 Å². The Balaban J connectivity index is 1.48. The van der Waals surface area contributed by atoms with Crippen LogP contribution in [0, 0.1) is 35.0 Å². The number of allylic oxidation sites excluding steroid dienone is 2. The van der Waals surface area contributed by atoms with E-state index < -0.39 is 73.5 Å². The van der Waals surface area contributed by atoms with Crippen LogP contribution in [0.5, 0.6) is 0 Å². The predicted octanol–water partition coefficient (Wildman–Crippen LogP) is 6.25. The largest absolute Gasteiger partial charge is 0.481 e. The molecule has 1 saturated carbocycles. The first-order valence-corrected chi connectivity index (χ1v) is 15.1. The van der Waals surface area contributed by atoms with Crippen LogP contribution in [0.1, 0.15) is 37.7 Å².